The van der Waals surface area contributed by atoms with Crippen LogP contribution in [0.2, 0.25) is 0 Å². The van der Waals surface area contributed by atoms with Crippen LogP contribution in [-0.2, 0) is 4.79 Å². The number of allylic oxidation sites excluding steroid dienone is 2. The van der Waals surface area contributed by atoms with Crippen molar-refractivity contribution in [3.8, 4) is 6.07 Å². The molecule has 1 fully saturated rings. The van der Waals surface area contributed by atoms with Crippen LogP contribution in [0, 0.1) is 39.9 Å². The van der Waals surface area contributed by atoms with Crippen LogP contribution in [0.1, 0.15) is 47.0 Å². The van der Waals surface area contributed by atoms with E-state index in [2.05, 4.69) is 32.9 Å². The normalized spacial score (nSPS) is 43.5. The summed E-state index contributed by atoms with van der Waals surface area (Å²) in [4.78, 5) is 11.6. The van der Waals surface area contributed by atoms with Gasteiger partial charge in [0.2, 0.25) is 0 Å². The fraction of sp³-hybridized carbons (Fsp3) is 0.750. The summed E-state index contributed by atoms with van der Waals surface area (Å²) in [6.07, 6.45) is 4.94. The van der Waals surface area contributed by atoms with Crippen LogP contribution in [0.25, 0.3) is 0 Å². The van der Waals surface area contributed by atoms with E-state index in [1.807, 2.05) is 6.92 Å². The number of nitrogens with zero attached hydrogens (tertiary/aromatic N) is 1. The molecule has 0 heterocycles. The summed E-state index contributed by atoms with van der Waals surface area (Å²) >= 11 is 0. The summed E-state index contributed by atoms with van der Waals surface area (Å²) in [6, 6.07) is 2.41. The second kappa shape index (κ2) is 4.37. The number of carbonyl (C=O) groups is 1. The molecule has 2 rings (SSSR count). The average Bonchev–Trinajstić information content (AvgIpc) is 2.90. The highest BCUT2D eigenvalue weighted by atomic mass is 16.4. The van der Waals surface area contributed by atoms with E-state index >= 15 is 0 Å². The van der Waals surface area contributed by atoms with Crippen molar-refractivity contribution in [1.82, 2.24) is 0 Å². The highest BCUT2D eigenvalue weighted by Crippen LogP contribution is 2.67. The van der Waals surface area contributed by atoms with Gasteiger partial charge in [-0.15, -0.1) is 0 Å². The van der Waals surface area contributed by atoms with Gasteiger partial charge < -0.3 is 5.11 Å². The van der Waals surface area contributed by atoms with E-state index in [9.17, 15) is 15.2 Å². The van der Waals surface area contributed by atoms with Crippen molar-refractivity contribution in [1.29, 1.82) is 5.26 Å². The molecule has 3 nitrogen and oxygen atoms in total. The van der Waals surface area contributed by atoms with Gasteiger partial charge in [-0.05, 0) is 50.4 Å². The second-order valence-corrected chi connectivity index (χ2v) is 7.11. The van der Waals surface area contributed by atoms with Crippen molar-refractivity contribution in [3.63, 3.8) is 0 Å². The summed E-state index contributed by atoms with van der Waals surface area (Å²) in [5.74, 6) is -0.763. The molecule has 0 aromatic carbocycles. The molecule has 104 valence electrons. The van der Waals surface area contributed by atoms with E-state index < -0.39 is 11.4 Å². The van der Waals surface area contributed by atoms with Crippen LogP contribution < -0.4 is 0 Å². The van der Waals surface area contributed by atoms with Crippen molar-refractivity contribution < 1.29 is 9.90 Å². The monoisotopic (exact) mass is 261 g/mol. The van der Waals surface area contributed by atoms with Crippen LogP contribution in [0.5, 0.6) is 0 Å². The van der Waals surface area contributed by atoms with Crippen molar-refractivity contribution in [2.75, 3.05) is 0 Å². The summed E-state index contributed by atoms with van der Waals surface area (Å²) in [7, 11) is 0. The molecule has 1 N–H and O–H groups in total. The quantitative estimate of drug-likeness (QED) is 0.733. The maximum absolute atomic E-state index is 11.6. The standard InChI is InChI=1S/C16H23NO2/c1-10-5-6-11-13(16(11,4)14(18)19)12(9-17)15(2,3)8-7-10/h7,11-13H,5-6,8H2,1-4H3,(H,18,19)/b10-7-. The number of carboxylic acids is 1. The molecule has 19 heavy (non-hydrogen) atoms. The summed E-state index contributed by atoms with van der Waals surface area (Å²) in [5, 5.41) is 19.1. The number of fused-ring (bicyclic) bond motifs is 1. The van der Waals surface area contributed by atoms with Gasteiger partial charge in [0, 0.05) is 0 Å². The van der Waals surface area contributed by atoms with Gasteiger partial charge in [-0.2, -0.15) is 5.26 Å². The number of hydrogen-bond donors (Lipinski definition) is 1. The summed E-state index contributed by atoms with van der Waals surface area (Å²) < 4.78 is 0. The van der Waals surface area contributed by atoms with Crippen LogP contribution in [0.4, 0.5) is 0 Å². The zero-order chi connectivity index (χ0) is 14.4. The van der Waals surface area contributed by atoms with Gasteiger partial charge >= 0.3 is 5.97 Å². The largest absolute Gasteiger partial charge is 0.481 e. The van der Waals surface area contributed by atoms with Gasteiger partial charge in [0.05, 0.1) is 17.4 Å². The fourth-order valence-electron chi connectivity index (χ4n) is 3.79. The lowest BCUT2D eigenvalue weighted by molar-refractivity contribution is -0.144. The third-order valence-electron chi connectivity index (χ3n) is 5.41. The zero-order valence-electron chi connectivity index (χ0n) is 12.2. The minimum Gasteiger partial charge on any atom is -0.481 e. The Balaban J connectivity index is 2.40. The first-order valence-electron chi connectivity index (χ1n) is 7.03. The molecule has 3 heteroatoms. The lowest BCUT2D eigenvalue weighted by Crippen LogP contribution is -2.28. The second-order valence-electron chi connectivity index (χ2n) is 7.11. The molecule has 0 amide bonds. The third kappa shape index (κ3) is 2.08. The SMILES string of the molecule is C/C1=C/CC(C)(C)C(C#N)C2C(CC1)C2(C)C(=O)O. The molecule has 4 unspecified atom stereocenters. The smallest absolute Gasteiger partial charge is 0.309 e. The maximum Gasteiger partial charge on any atom is 0.309 e. The maximum atomic E-state index is 11.6. The molecule has 0 saturated heterocycles. The zero-order valence-corrected chi connectivity index (χ0v) is 12.2. The lowest BCUT2D eigenvalue weighted by atomic mass is 9.72. The number of rotatable bonds is 1. The first-order chi connectivity index (χ1) is 8.75. The summed E-state index contributed by atoms with van der Waals surface area (Å²) in [5.41, 5.74) is 0.469. The van der Waals surface area contributed by atoms with E-state index in [-0.39, 0.29) is 23.2 Å². The molecular formula is C16H23NO2. The Bertz CT molecular complexity index is 472. The van der Waals surface area contributed by atoms with Gasteiger partial charge in [0.15, 0.2) is 0 Å². The minimum absolute atomic E-state index is 0.00398. The molecule has 0 aromatic heterocycles. The van der Waals surface area contributed by atoms with Gasteiger partial charge in [-0.1, -0.05) is 25.5 Å². The van der Waals surface area contributed by atoms with E-state index in [1.54, 1.807) is 0 Å². The van der Waals surface area contributed by atoms with Gasteiger partial charge in [-0.3, -0.25) is 4.79 Å². The first kappa shape index (κ1) is 14.1. The molecule has 2 aliphatic carbocycles. The Labute approximate surface area is 115 Å². The van der Waals surface area contributed by atoms with Gasteiger partial charge in [0.25, 0.3) is 0 Å². The van der Waals surface area contributed by atoms with Crippen molar-refractivity contribution in [2.24, 2.45) is 28.6 Å². The third-order valence-corrected chi connectivity index (χ3v) is 5.41. The Morgan fingerprint density at radius 1 is 1.47 bits per heavy atom. The van der Waals surface area contributed by atoms with E-state index in [1.165, 1.54) is 5.57 Å². The molecule has 4 atom stereocenters. The van der Waals surface area contributed by atoms with Gasteiger partial charge in [0.1, 0.15) is 0 Å². The Morgan fingerprint density at radius 2 is 2.11 bits per heavy atom. The molecule has 0 aliphatic heterocycles. The van der Waals surface area contributed by atoms with Crippen molar-refractivity contribution in [3.05, 3.63) is 11.6 Å². The molecule has 0 radical (unpaired) electrons. The Kier molecular flexibility index (Phi) is 3.24. The highest BCUT2D eigenvalue weighted by Gasteiger charge is 2.70. The van der Waals surface area contributed by atoms with Crippen molar-refractivity contribution >= 4 is 5.97 Å². The van der Waals surface area contributed by atoms with Crippen LogP contribution >= 0.6 is 0 Å². The van der Waals surface area contributed by atoms with Crippen LogP contribution in [0.3, 0.4) is 0 Å². The van der Waals surface area contributed by atoms with Crippen LogP contribution in [0.15, 0.2) is 11.6 Å². The molecule has 2 aliphatic rings. The predicted octanol–water partition coefficient (Wildman–Crippen LogP) is 3.62. The topological polar surface area (TPSA) is 61.1 Å². The molecule has 0 bridgehead atoms. The molecule has 1 saturated carbocycles. The fourth-order valence-corrected chi connectivity index (χ4v) is 3.79. The van der Waals surface area contributed by atoms with Gasteiger partial charge in [-0.25, -0.2) is 0 Å². The van der Waals surface area contributed by atoms with E-state index in [0.29, 0.717) is 0 Å². The van der Waals surface area contributed by atoms with E-state index in [4.69, 9.17) is 0 Å². The Morgan fingerprint density at radius 3 is 2.63 bits per heavy atom. The van der Waals surface area contributed by atoms with Crippen molar-refractivity contribution in [2.45, 2.75) is 47.0 Å². The number of hydrogen-bond acceptors (Lipinski definition) is 2. The highest BCUT2D eigenvalue weighted by molar-refractivity contribution is 5.79. The number of nitriles is 1. The number of carboxylic acid groups (broad SMARTS) is 1. The lowest BCUT2D eigenvalue weighted by Gasteiger charge is -2.30. The van der Waals surface area contributed by atoms with Crippen LogP contribution in [-0.4, -0.2) is 11.1 Å². The predicted molar refractivity (Wildman–Crippen MR) is 73.2 cm³/mol. The minimum atomic E-state index is -0.735. The summed E-state index contributed by atoms with van der Waals surface area (Å²) in [6.45, 7) is 8.12. The molecule has 0 aromatic rings. The first-order valence-corrected chi connectivity index (χ1v) is 7.03. The molecular weight excluding hydrogens is 238 g/mol. The van der Waals surface area contributed by atoms with E-state index in [0.717, 1.165) is 19.3 Å². The number of aliphatic carboxylic acids is 1. The Hall–Kier alpha value is -1.30. The molecule has 0 spiro atoms. The average molecular weight is 261 g/mol.